The summed E-state index contributed by atoms with van der Waals surface area (Å²) in [6.45, 7) is 4.29. The van der Waals surface area contributed by atoms with E-state index in [1.807, 2.05) is 23.1 Å². The fourth-order valence-electron chi connectivity index (χ4n) is 3.93. The highest BCUT2D eigenvalue weighted by Crippen LogP contribution is 2.32. The van der Waals surface area contributed by atoms with Crippen molar-refractivity contribution in [1.29, 1.82) is 0 Å². The molecule has 38 heavy (non-hydrogen) atoms. The van der Waals surface area contributed by atoms with Gasteiger partial charge in [-0.1, -0.05) is 18.2 Å². The maximum atomic E-state index is 13.3. The maximum Gasteiger partial charge on any atom is 0.490 e. The summed E-state index contributed by atoms with van der Waals surface area (Å²) in [6.07, 6.45) is -8.51. The largest absolute Gasteiger partial charge is 0.490 e. The van der Waals surface area contributed by atoms with E-state index in [-0.39, 0.29) is 11.7 Å². The van der Waals surface area contributed by atoms with Crippen LogP contribution in [0.3, 0.4) is 0 Å². The molecule has 4 rings (SSSR count). The van der Waals surface area contributed by atoms with Gasteiger partial charge in [-0.25, -0.2) is 14.0 Å². The monoisotopic (exact) mass is 553 g/mol. The number of hydrogen-bond acceptors (Lipinski definition) is 5. The van der Waals surface area contributed by atoms with Crippen LogP contribution in [0.15, 0.2) is 48.7 Å². The van der Waals surface area contributed by atoms with E-state index in [9.17, 15) is 35.5 Å². The minimum atomic E-state index is -5.08. The molecule has 2 aliphatic rings. The molecule has 208 valence electrons. The maximum absolute atomic E-state index is 13.3. The number of alkyl halides is 6. The van der Waals surface area contributed by atoms with Crippen LogP contribution in [0.4, 0.5) is 30.7 Å². The lowest BCUT2D eigenvalue weighted by molar-refractivity contribution is -0.193. The molecule has 0 spiro atoms. The SMILES string of the molecule is O=C(O)C(F)(F)F.O=C(O)C(F)(F)F.O=C(c1ccccn1)N1CC2CN(Cc3cccc(F)c3)CC2C1. The highest BCUT2D eigenvalue weighted by atomic mass is 19.4. The van der Waals surface area contributed by atoms with Gasteiger partial charge in [0, 0.05) is 38.9 Å². The molecule has 2 aliphatic heterocycles. The first-order valence-corrected chi connectivity index (χ1v) is 10.8. The van der Waals surface area contributed by atoms with Crippen molar-refractivity contribution in [1.82, 2.24) is 14.8 Å². The van der Waals surface area contributed by atoms with Gasteiger partial charge in [0.1, 0.15) is 11.5 Å². The molecule has 15 heteroatoms. The Morgan fingerprint density at radius 1 is 0.842 bits per heavy atom. The van der Waals surface area contributed by atoms with Crippen molar-refractivity contribution >= 4 is 17.8 Å². The number of fused-ring (bicyclic) bond motifs is 1. The van der Waals surface area contributed by atoms with E-state index >= 15 is 0 Å². The normalized spacial score (nSPS) is 19.0. The summed E-state index contributed by atoms with van der Waals surface area (Å²) < 4.78 is 76.8. The van der Waals surface area contributed by atoms with Crippen LogP contribution in [0.2, 0.25) is 0 Å². The summed E-state index contributed by atoms with van der Waals surface area (Å²) in [5.41, 5.74) is 1.53. The quantitative estimate of drug-likeness (QED) is 0.558. The topological polar surface area (TPSA) is 111 Å². The summed E-state index contributed by atoms with van der Waals surface area (Å²) in [5, 5.41) is 14.2. The molecule has 1 amide bonds. The van der Waals surface area contributed by atoms with Crippen LogP contribution in [0.1, 0.15) is 16.1 Å². The van der Waals surface area contributed by atoms with Crippen LogP contribution >= 0.6 is 0 Å². The fourth-order valence-corrected chi connectivity index (χ4v) is 3.93. The van der Waals surface area contributed by atoms with Gasteiger partial charge in [-0.3, -0.25) is 14.7 Å². The number of amides is 1. The Bertz CT molecular complexity index is 1070. The lowest BCUT2D eigenvalue weighted by atomic mass is 10.0. The predicted molar refractivity (Wildman–Crippen MR) is 116 cm³/mol. The molecule has 3 heterocycles. The van der Waals surface area contributed by atoms with Gasteiger partial charge >= 0.3 is 24.3 Å². The molecule has 1 aromatic heterocycles. The predicted octanol–water partition coefficient (Wildman–Crippen LogP) is 3.69. The molecule has 0 bridgehead atoms. The van der Waals surface area contributed by atoms with Gasteiger partial charge in [-0.15, -0.1) is 0 Å². The molecule has 8 nitrogen and oxygen atoms in total. The number of carboxylic acids is 2. The summed E-state index contributed by atoms with van der Waals surface area (Å²) in [6, 6.07) is 12.2. The number of aliphatic carboxylic acids is 2. The summed E-state index contributed by atoms with van der Waals surface area (Å²) in [7, 11) is 0. The lowest BCUT2D eigenvalue weighted by Gasteiger charge is -2.21. The van der Waals surface area contributed by atoms with Crippen molar-refractivity contribution in [2.24, 2.45) is 11.8 Å². The van der Waals surface area contributed by atoms with Crippen molar-refractivity contribution in [2.45, 2.75) is 18.9 Å². The third kappa shape index (κ3) is 9.28. The van der Waals surface area contributed by atoms with E-state index in [1.165, 1.54) is 6.07 Å². The Morgan fingerprint density at radius 3 is 1.79 bits per heavy atom. The molecule has 0 saturated carbocycles. The summed E-state index contributed by atoms with van der Waals surface area (Å²) >= 11 is 0. The van der Waals surface area contributed by atoms with Gasteiger partial charge in [0.25, 0.3) is 5.91 Å². The van der Waals surface area contributed by atoms with E-state index in [2.05, 4.69) is 9.88 Å². The second-order valence-electron chi connectivity index (χ2n) is 8.38. The molecule has 0 aliphatic carbocycles. The van der Waals surface area contributed by atoms with Crippen LogP contribution in [-0.4, -0.2) is 81.4 Å². The van der Waals surface area contributed by atoms with Gasteiger partial charge < -0.3 is 15.1 Å². The first-order chi connectivity index (χ1) is 17.6. The number of likely N-dealkylation sites (tertiary alicyclic amines) is 2. The van der Waals surface area contributed by atoms with E-state index in [0.717, 1.165) is 38.3 Å². The third-order valence-electron chi connectivity index (χ3n) is 5.51. The Balaban J connectivity index is 0.000000301. The van der Waals surface area contributed by atoms with Crippen LogP contribution in [-0.2, 0) is 16.1 Å². The van der Waals surface area contributed by atoms with E-state index in [1.54, 1.807) is 24.4 Å². The van der Waals surface area contributed by atoms with Gasteiger partial charge in [0.2, 0.25) is 0 Å². The fraction of sp³-hybridized carbons (Fsp3) is 0.391. The molecule has 2 unspecified atom stereocenters. The van der Waals surface area contributed by atoms with Crippen molar-refractivity contribution in [3.05, 3.63) is 65.7 Å². The molecular formula is C23H22F7N3O5. The van der Waals surface area contributed by atoms with Crippen LogP contribution in [0, 0.1) is 17.7 Å². The number of benzene rings is 1. The van der Waals surface area contributed by atoms with Crippen LogP contribution in [0.25, 0.3) is 0 Å². The highest BCUT2D eigenvalue weighted by Gasteiger charge is 2.42. The first kappa shape index (κ1) is 30.5. The van der Waals surface area contributed by atoms with E-state index < -0.39 is 24.3 Å². The third-order valence-corrected chi connectivity index (χ3v) is 5.51. The molecular weight excluding hydrogens is 531 g/mol. The van der Waals surface area contributed by atoms with Gasteiger partial charge in [0.05, 0.1) is 0 Å². The van der Waals surface area contributed by atoms with Crippen molar-refractivity contribution in [3.63, 3.8) is 0 Å². The number of carbonyl (C=O) groups is 3. The molecule has 2 N–H and O–H groups in total. The summed E-state index contributed by atoms with van der Waals surface area (Å²) in [5.74, 6) is -4.65. The standard InChI is InChI=1S/C19H20FN3O.2C2HF3O2/c20-17-5-3-4-14(8-17)9-22-10-15-12-23(13-16(15)11-22)19(24)18-6-1-2-7-21-18;2*3-2(4,5)1(6)7/h1-8,15-16H,9-13H2;2*(H,6,7). The Labute approximate surface area is 211 Å². The minimum absolute atomic E-state index is 0.0293. The molecule has 2 aromatic rings. The number of carbonyl (C=O) groups excluding carboxylic acids is 1. The van der Waals surface area contributed by atoms with Gasteiger partial charge in [-0.2, -0.15) is 26.3 Å². The zero-order chi connectivity index (χ0) is 28.7. The number of nitrogens with zero attached hydrogens (tertiary/aromatic N) is 3. The zero-order valence-corrected chi connectivity index (χ0v) is 19.4. The minimum Gasteiger partial charge on any atom is -0.475 e. The zero-order valence-electron chi connectivity index (χ0n) is 19.4. The smallest absolute Gasteiger partial charge is 0.475 e. The number of halogens is 7. The summed E-state index contributed by atoms with van der Waals surface area (Å²) in [4.78, 5) is 38.7. The molecule has 2 fully saturated rings. The van der Waals surface area contributed by atoms with Crippen molar-refractivity contribution < 1.29 is 55.3 Å². The second kappa shape index (κ2) is 12.7. The molecule has 2 saturated heterocycles. The van der Waals surface area contributed by atoms with Gasteiger partial charge in [-0.05, 0) is 41.7 Å². The lowest BCUT2D eigenvalue weighted by Crippen LogP contribution is -2.33. The number of aromatic nitrogens is 1. The molecule has 1 aromatic carbocycles. The molecule has 2 atom stereocenters. The number of pyridine rings is 1. The first-order valence-electron chi connectivity index (χ1n) is 10.8. The average molecular weight is 553 g/mol. The van der Waals surface area contributed by atoms with Crippen molar-refractivity contribution in [3.8, 4) is 0 Å². The van der Waals surface area contributed by atoms with Crippen LogP contribution < -0.4 is 0 Å². The molecule has 0 radical (unpaired) electrons. The number of rotatable bonds is 3. The Kier molecular flexibility index (Phi) is 10.2. The van der Waals surface area contributed by atoms with Crippen LogP contribution in [0.5, 0.6) is 0 Å². The van der Waals surface area contributed by atoms with E-state index in [4.69, 9.17) is 19.8 Å². The Hall–Kier alpha value is -3.75. The van der Waals surface area contributed by atoms with Crippen molar-refractivity contribution in [2.75, 3.05) is 26.2 Å². The second-order valence-corrected chi connectivity index (χ2v) is 8.38. The number of hydrogen-bond donors (Lipinski definition) is 2. The highest BCUT2D eigenvalue weighted by molar-refractivity contribution is 5.92. The number of carboxylic acid groups (broad SMARTS) is 2. The van der Waals surface area contributed by atoms with E-state index in [0.29, 0.717) is 17.5 Å². The van der Waals surface area contributed by atoms with Gasteiger partial charge in [0.15, 0.2) is 0 Å². The average Bonchev–Trinajstić information content (AvgIpc) is 3.37. The Morgan fingerprint density at radius 2 is 1.37 bits per heavy atom.